The monoisotopic (exact) mass is 270 g/mol. The molecule has 2 nitrogen and oxygen atoms in total. The maximum atomic E-state index is 10.0. The van der Waals surface area contributed by atoms with Crippen LogP contribution in [0.1, 0.15) is 0 Å². The van der Waals surface area contributed by atoms with Crippen LogP contribution in [0, 0.1) is 0 Å². The Hall–Kier alpha value is 0.660. The van der Waals surface area contributed by atoms with E-state index >= 15 is 0 Å². The van der Waals surface area contributed by atoms with E-state index in [1.165, 1.54) is 0 Å². The van der Waals surface area contributed by atoms with E-state index < -0.39 is 14.1 Å². The minimum atomic E-state index is -1.97. The van der Waals surface area contributed by atoms with Gasteiger partial charge in [0.2, 0.25) is 3.79 Å². The van der Waals surface area contributed by atoms with Gasteiger partial charge in [-0.1, -0.05) is 58.0 Å². The Morgan fingerprint density at radius 2 is 1.58 bits per heavy atom. The summed E-state index contributed by atoms with van der Waals surface area (Å²) in [4.78, 5) is 10.0. The summed E-state index contributed by atoms with van der Waals surface area (Å²) < 4.78 is -3.82. The smallest absolute Gasteiger partial charge is 0.328 e. The molecule has 0 saturated heterocycles. The highest BCUT2D eigenvalue weighted by Gasteiger charge is 2.43. The number of hydrogen-bond donors (Lipinski definition) is 1. The van der Waals surface area contributed by atoms with Gasteiger partial charge in [-0.3, -0.25) is 0 Å². The summed E-state index contributed by atoms with van der Waals surface area (Å²) in [6.07, 6.45) is 1.58. The fourth-order valence-electron chi connectivity index (χ4n) is 0.270. The molecule has 1 N–H and O–H groups in total. The highest BCUT2D eigenvalue weighted by Crippen LogP contribution is 2.46. The molecular formula is C5H3Cl5O2. The number of carbonyl (C=O) groups is 1. The van der Waals surface area contributed by atoms with Crippen molar-refractivity contribution in [1.29, 1.82) is 0 Å². The fraction of sp³-hybridized carbons (Fsp3) is 0.400. The fourth-order valence-corrected chi connectivity index (χ4v) is 0.585. The maximum absolute atomic E-state index is 10.0. The minimum Gasteiger partial charge on any atom is -0.478 e. The van der Waals surface area contributed by atoms with Gasteiger partial charge in [0.15, 0.2) is 4.33 Å². The SMILES string of the molecule is O=C(O)C=CC(Cl)(Cl)C(Cl)(Cl)Cl. The van der Waals surface area contributed by atoms with E-state index in [0.29, 0.717) is 6.08 Å². The van der Waals surface area contributed by atoms with Crippen LogP contribution in [0.25, 0.3) is 0 Å². The van der Waals surface area contributed by atoms with Gasteiger partial charge in [-0.2, -0.15) is 0 Å². The summed E-state index contributed by atoms with van der Waals surface area (Å²) in [5.74, 6) is -1.23. The van der Waals surface area contributed by atoms with Crippen LogP contribution in [0.2, 0.25) is 0 Å². The van der Waals surface area contributed by atoms with Crippen LogP contribution in [-0.2, 0) is 4.79 Å². The second-order valence-electron chi connectivity index (χ2n) is 1.79. The van der Waals surface area contributed by atoms with Gasteiger partial charge < -0.3 is 5.11 Å². The Morgan fingerprint density at radius 3 is 1.83 bits per heavy atom. The number of carboxylic acids is 1. The predicted molar refractivity (Wildman–Crippen MR) is 51.5 cm³/mol. The van der Waals surface area contributed by atoms with Gasteiger partial charge in [-0.25, -0.2) is 4.79 Å². The molecule has 0 atom stereocenters. The topological polar surface area (TPSA) is 37.3 Å². The summed E-state index contributed by atoms with van der Waals surface area (Å²) in [6.45, 7) is 0. The first-order valence-electron chi connectivity index (χ1n) is 2.53. The molecule has 0 aliphatic carbocycles. The van der Waals surface area contributed by atoms with Gasteiger partial charge in [0.05, 0.1) is 0 Å². The highest BCUT2D eigenvalue weighted by atomic mass is 35.6. The Kier molecular flexibility index (Phi) is 4.48. The average molecular weight is 272 g/mol. The average Bonchev–Trinajstić information content (AvgIpc) is 1.81. The van der Waals surface area contributed by atoms with Crippen LogP contribution in [0.5, 0.6) is 0 Å². The molecule has 0 aromatic carbocycles. The predicted octanol–water partition coefficient (Wildman–Crippen LogP) is 3.17. The molecule has 0 radical (unpaired) electrons. The third-order valence-corrected chi connectivity index (χ3v) is 3.11. The van der Waals surface area contributed by atoms with Gasteiger partial charge in [-0.15, -0.1) is 0 Å². The first-order valence-corrected chi connectivity index (χ1v) is 4.42. The lowest BCUT2D eigenvalue weighted by Crippen LogP contribution is -2.28. The molecule has 0 aromatic rings. The number of carboxylic acid groups (broad SMARTS) is 1. The van der Waals surface area contributed by atoms with E-state index in [1.54, 1.807) is 0 Å². The third kappa shape index (κ3) is 4.06. The summed E-state index contributed by atoms with van der Waals surface area (Å²) in [6, 6.07) is 0. The van der Waals surface area contributed by atoms with Crippen molar-refractivity contribution < 1.29 is 9.90 Å². The Morgan fingerprint density at radius 1 is 1.17 bits per heavy atom. The molecule has 0 fully saturated rings. The van der Waals surface area contributed by atoms with Gasteiger partial charge in [-0.05, 0) is 6.08 Å². The molecule has 0 aromatic heterocycles. The van der Waals surface area contributed by atoms with Crippen molar-refractivity contribution in [3.05, 3.63) is 12.2 Å². The number of alkyl halides is 5. The van der Waals surface area contributed by atoms with Gasteiger partial charge in [0.25, 0.3) is 0 Å². The number of rotatable bonds is 2. The van der Waals surface area contributed by atoms with Crippen LogP contribution in [0.15, 0.2) is 12.2 Å². The van der Waals surface area contributed by atoms with Crippen LogP contribution >= 0.6 is 58.0 Å². The minimum absolute atomic E-state index is 0.696. The van der Waals surface area contributed by atoms with Crippen molar-refractivity contribution in [1.82, 2.24) is 0 Å². The highest BCUT2D eigenvalue weighted by molar-refractivity contribution is 6.76. The van der Waals surface area contributed by atoms with Crippen molar-refractivity contribution in [2.24, 2.45) is 0 Å². The first kappa shape index (κ1) is 12.7. The maximum Gasteiger partial charge on any atom is 0.328 e. The molecular weight excluding hydrogens is 269 g/mol. The third-order valence-electron chi connectivity index (χ3n) is 0.813. The molecule has 70 valence electrons. The van der Waals surface area contributed by atoms with E-state index in [0.717, 1.165) is 6.08 Å². The van der Waals surface area contributed by atoms with Crippen molar-refractivity contribution in [3.63, 3.8) is 0 Å². The number of hydrogen-bond acceptors (Lipinski definition) is 1. The second-order valence-corrected chi connectivity index (χ2v) is 5.46. The zero-order valence-electron chi connectivity index (χ0n) is 5.40. The summed E-state index contributed by atoms with van der Waals surface area (Å²) in [7, 11) is 0. The van der Waals surface area contributed by atoms with Gasteiger partial charge >= 0.3 is 5.97 Å². The molecule has 12 heavy (non-hydrogen) atoms. The molecule has 0 bridgehead atoms. The Balaban J connectivity index is 4.54. The summed E-state index contributed by atoms with van der Waals surface area (Å²) in [5, 5.41) is 8.21. The van der Waals surface area contributed by atoms with Crippen LogP contribution < -0.4 is 0 Å². The zero-order valence-corrected chi connectivity index (χ0v) is 9.18. The van der Waals surface area contributed by atoms with Crippen molar-refractivity contribution in [3.8, 4) is 0 Å². The number of halogens is 5. The summed E-state index contributed by atoms with van der Waals surface area (Å²) >= 11 is 26.9. The van der Waals surface area contributed by atoms with E-state index in [4.69, 9.17) is 63.1 Å². The molecule has 0 amide bonds. The largest absolute Gasteiger partial charge is 0.478 e. The number of aliphatic carboxylic acids is 1. The van der Waals surface area contributed by atoms with Crippen LogP contribution in [0.3, 0.4) is 0 Å². The lowest BCUT2D eigenvalue weighted by atomic mass is 10.4. The molecule has 0 aliphatic rings. The second kappa shape index (κ2) is 4.25. The molecule has 0 spiro atoms. The summed E-state index contributed by atoms with van der Waals surface area (Å²) in [5.41, 5.74) is 0. The quantitative estimate of drug-likeness (QED) is 0.619. The standard InChI is InChI=1S/C5H3Cl5O2/c6-4(7,5(8,9)10)2-1-3(11)12/h1-2H,(H,11,12). The molecule has 0 heterocycles. The van der Waals surface area contributed by atoms with Crippen LogP contribution in [-0.4, -0.2) is 19.2 Å². The lowest BCUT2D eigenvalue weighted by molar-refractivity contribution is -0.131. The molecule has 0 rings (SSSR count). The Bertz CT molecular complexity index is 204. The number of allylic oxidation sites excluding steroid dienone is 1. The molecule has 7 heteroatoms. The van der Waals surface area contributed by atoms with Gasteiger partial charge in [0, 0.05) is 6.08 Å². The van der Waals surface area contributed by atoms with Crippen LogP contribution in [0.4, 0.5) is 0 Å². The van der Waals surface area contributed by atoms with E-state index in [2.05, 4.69) is 0 Å². The zero-order chi connectivity index (χ0) is 9.99. The van der Waals surface area contributed by atoms with Crippen molar-refractivity contribution in [2.45, 2.75) is 8.13 Å². The van der Waals surface area contributed by atoms with Gasteiger partial charge in [0.1, 0.15) is 0 Å². The van der Waals surface area contributed by atoms with E-state index in [-0.39, 0.29) is 0 Å². The van der Waals surface area contributed by atoms with E-state index in [9.17, 15) is 4.79 Å². The molecule has 0 unspecified atom stereocenters. The lowest BCUT2D eigenvalue weighted by Gasteiger charge is -2.23. The Labute approximate surface area is 94.0 Å². The first-order chi connectivity index (χ1) is 5.17. The van der Waals surface area contributed by atoms with E-state index in [1.807, 2.05) is 0 Å². The molecule has 0 aliphatic heterocycles. The van der Waals surface area contributed by atoms with Crippen molar-refractivity contribution in [2.75, 3.05) is 0 Å². The van der Waals surface area contributed by atoms with Crippen molar-refractivity contribution >= 4 is 64.0 Å². The normalized spacial score (nSPS) is 13.8. The molecule has 0 saturated carbocycles.